The lowest BCUT2D eigenvalue weighted by atomic mass is 9.85. The Bertz CT molecular complexity index is 740. The topological polar surface area (TPSA) is 95.9 Å². The number of ether oxygens (including phenoxy) is 1. The lowest BCUT2D eigenvalue weighted by Crippen LogP contribution is -2.60. The quantitative estimate of drug-likeness (QED) is 0.737. The first-order chi connectivity index (χ1) is 13.0. The molecule has 0 radical (unpaired) electrons. The second-order valence-corrected chi connectivity index (χ2v) is 9.42. The highest BCUT2D eigenvalue weighted by molar-refractivity contribution is 7.88. The molecule has 3 atom stereocenters. The summed E-state index contributed by atoms with van der Waals surface area (Å²) in [5.41, 5.74) is 1.30. The van der Waals surface area contributed by atoms with Crippen LogP contribution in [0.1, 0.15) is 18.4 Å². The van der Waals surface area contributed by atoms with Crippen LogP contribution in [-0.4, -0.2) is 68.7 Å². The minimum atomic E-state index is -5.08. The number of piperidine rings is 1. The zero-order valence-electron chi connectivity index (χ0n) is 15.2. The number of nitrogens with zero attached hydrogens (tertiary/aromatic N) is 1. The average Bonchev–Trinajstić information content (AvgIpc) is 3.06. The Morgan fingerprint density at radius 1 is 1.43 bits per heavy atom. The van der Waals surface area contributed by atoms with Crippen LogP contribution in [0.2, 0.25) is 0 Å². The van der Waals surface area contributed by atoms with Crippen molar-refractivity contribution < 1.29 is 36.2 Å². The van der Waals surface area contributed by atoms with Crippen LogP contribution >= 0.6 is 11.3 Å². The number of halogens is 3. The summed E-state index contributed by atoms with van der Waals surface area (Å²) in [6.45, 7) is 3.33. The number of carbonyl (C=O) groups is 1. The summed E-state index contributed by atoms with van der Waals surface area (Å²) < 4.78 is 63.6. The Kier molecular flexibility index (Phi) is 7.85. The first-order valence-electron chi connectivity index (χ1n) is 8.58. The van der Waals surface area contributed by atoms with Gasteiger partial charge in [-0.25, -0.2) is 17.9 Å². The van der Waals surface area contributed by atoms with E-state index in [1.807, 2.05) is 0 Å². The van der Waals surface area contributed by atoms with Crippen LogP contribution in [0.15, 0.2) is 16.8 Å². The second-order valence-electron chi connectivity index (χ2n) is 6.86. The molecule has 0 aromatic carbocycles. The summed E-state index contributed by atoms with van der Waals surface area (Å²) in [5, 5.41) is 11.4. The van der Waals surface area contributed by atoms with Crippen molar-refractivity contribution in [2.45, 2.75) is 37.7 Å². The molecule has 1 aromatic rings. The number of hydrogen-bond donors (Lipinski definition) is 2. The van der Waals surface area contributed by atoms with Gasteiger partial charge in [0.15, 0.2) is 0 Å². The molecule has 2 aliphatic heterocycles. The van der Waals surface area contributed by atoms with E-state index < -0.39 is 22.2 Å². The van der Waals surface area contributed by atoms with Crippen LogP contribution in [0.5, 0.6) is 0 Å². The fourth-order valence-electron chi connectivity index (χ4n) is 3.44. The first kappa shape index (κ1) is 23.1. The van der Waals surface area contributed by atoms with Gasteiger partial charge in [0.25, 0.3) is 0 Å². The van der Waals surface area contributed by atoms with E-state index >= 15 is 0 Å². The van der Waals surface area contributed by atoms with Gasteiger partial charge in [-0.3, -0.25) is 4.90 Å². The van der Waals surface area contributed by atoms with Crippen molar-refractivity contribution in [2.75, 3.05) is 26.0 Å². The van der Waals surface area contributed by atoms with Crippen molar-refractivity contribution in [1.29, 1.82) is 0 Å². The van der Waals surface area contributed by atoms with Gasteiger partial charge < -0.3 is 9.84 Å². The predicted octanol–water partition coefficient (Wildman–Crippen LogP) is 1.91. The number of alkyl halides is 3. The SMILES string of the molecule is CS(=O)(=O)N[C@@H]1CN(Cc2ccsc2)C[C@@H]2CCCO[C@@H]21.O=C(O)C(F)(F)F. The number of nitrogens with one attached hydrogen (secondary N) is 1. The molecule has 12 heteroatoms. The van der Waals surface area contributed by atoms with Gasteiger partial charge in [0.2, 0.25) is 10.0 Å². The summed E-state index contributed by atoms with van der Waals surface area (Å²) >= 11 is 1.70. The summed E-state index contributed by atoms with van der Waals surface area (Å²) in [4.78, 5) is 11.2. The molecule has 160 valence electrons. The van der Waals surface area contributed by atoms with E-state index in [4.69, 9.17) is 14.6 Å². The molecule has 0 aliphatic carbocycles. The van der Waals surface area contributed by atoms with Crippen LogP contribution in [0, 0.1) is 5.92 Å². The van der Waals surface area contributed by atoms with Gasteiger partial charge in [-0.05, 0) is 41.1 Å². The highest BCUT2D eigenvalue weighted by Crippen LogP contribution is 2.30. The zero-order valence-corrected chi connectivity index (χ0v) is 16.8. The van der Waals surface area contributed by atoms with Crippen molar-refractivity contribution >= 4 is 27.3 Å². The Morgan fingerprint density at radius 3 is 2.64 bits per heavy atom. The molecule has 0 unspecified atom stereocenters. The van der Waals surface area contributed by atoms with Crippen LogP contribution in [0.3, 0.4) is 0 Å². The van der Waals surface area contributed by atoms with Crippen molar-refractivity contribution in [3.05, 3.63) is 22.4 Å². The molecule has 3 heterocycles. The van der Waals surface area contributed by atoms with Gasteiger partial charge in [-0.2, -0.15) is 24.5 Å². The molecule has 2 saturated heterocycles. The highest BCUT2D eigenvalue weighted by atomic mass is 32.2. The van der Waals surface area contributed by atoms with E-state index in [1.54, 1.807) is 11.3 Å². The zero-order chi connectivity index (χ0) is 20.9. The third-order valence-electron chi connectivity index (χ3n) is 4.43. The first-order valence-corrected chi connectivity index (χ1v) is 11.4. The molecule has 1 aromatic heterocycles. The Labute approximate surface area is 165 Å². The lowest BCUT2D eigenvalue weighted by Gasteiger charge is -2.45. The van der Waals surface area contributed by atoms with E-state index in [0.29, 0.717) is 12.5 Å². The molecule has 28 heavy (non-hydrogen) atoms. The molecule has 2 fully saturated rings. The van der Waals surface area contributed by atoms with Crippen molar-refractivity contribution in [3.63, 3.8) is 0 Å². The molecular weight excluding hydrogens is 421 g/mol. The summed E-state index contributed by atoms with van der Waals surface area (Å²) in [5.74, 6) is -2.34. The summed E-state index contributed by atoms with van der Waals surface area (Å²) in [6.07, 6.45) is -1.65. The molecule has 0 saturated carbocycles. The maximum Gasteiger partial charge on any atom is 0.490 e. The maximum atomic E-state index is 11.6. The molecule has 0 amide bonds. The molecule has 2 N–H and O–H groups in total. The molecule has 3 rings (SSSR count). The third kappa shape index (κ3) is 7.32. The van der Waals surface area contributed by atoms with E-state index in [0.717, 1.165) is 32.5 Å². The molecule has 7 nitrogen and oxygen atoms in total. The molecule has 0 spiro atoms. The Morgan fingerprint density at radius 2 is 2.11 bits per heavy atom. The molecular formula is C16H23F3N2O5S2. The van der Waals surface area contributed by atoms with Gasteiger partial charge in [-0.1, -0.05) is 0 Å². The van der Waals surface area contributed by atoms with E-state index in [-0.39, 0.29) is 12.1 Å². The number of sulfonamides is 1. The minimum absolute atomic E-state index is 0.0206. The minimum Gasteiger partial charge on any atom is -0.475 e. The van der Waals surface area contributed by atoms with Gasteiger partial charge in [0.1, 0.15) is 0 Å². The number of rotatable bonds is 4. The normalized spacial score (nSPS) is 26.1. The number of aliphatic carboxylic acids is 1. The van der Waals surface area contributed by atoms with Gasteiger partial charge >= 0.3 is 12.1 Å². The van der Waals surface area contributed by atoms with Crippen LogP contribution in [0.25, 0.3) is 0 Å². The van der Waals surface area contributed by atoms with Crippen molar-refractivity contribution in [3.8, 4) is 0 Å². The summed E-state index contributed by atoms with van der Waals surface area (Å²) in [6, 6.07) is 1.99. The predicted molar refractivity (Wildman–Crippen MR) is 97.5 cm³/mol. The fraction of sp³-hybridized carbons (Fsp3) is 0.688. The smallest absolute Gasteiger partial charge is 0.475 e. The molecule has 0 bridgehead atoms. The number of likely N-dealkylation sites (tertiary alicyclic amines) is 1. The van der Waals surface area contributed by atoms with E-state index in [9.17, 15) is 21.6 Å². The number of carboxylic acid groups (broad SMARTS) is 1. The third-order valence-corrected chi connectivity index (χ3v) is 5.90. The van der Waals surface area contributed by atoms with Gasteiger partial charge in [0.05, 0.1) is 18.4 Å². The Balaban J connectivity index is 0.000000345. The van der Waals surface area contributed by atoms with Crippen LogP contribution in [0.4, 0.5) is 13.2 Å². The number of fused-ring (bicyclic) bond motifs is 1. The number of carboxylic acids is 1. The number of hydrogen-bond acceptors (Lipinski definition) is 6. The fourth-order valence-corrected chi connectivity index (χ4v) is 4.86. The lowest BCUT2D eigenvalue weighted by molar-refractivity contribution is -0.192. The van der Waals surface area contributed by atoms with Crippen molar-refractivity contribution in [2.24, 2.45) is 5.92 Å². The maximum absolute atomic E-state index is 11.6. The van der Waals surface area contributed by atoms with Crippen LogP contribution < -0.4 is 4.72 Å². The highest BCUT2D eigenvalue weighted by Gasteiger charge is 2.40. The average molecular weight is 444 g/mol. The number of thiophene rings is 1. The standard InChI is InChI=1S/C14H22N2O3S2.C2HF3O2/c1-21(17,18)15-13-9-16(7-11-4-6-20-10-11)8-12-3-2-5-19-14(12)13;3-2(4,5)1(6)7/h4,6,10,12-15H,2-3,5,7-9H2,1H3;(H,6,7)/t12-,13+,14-;/m0./s1. The van der Waals surface area contributed by atoms with Crippen molar-refractivity contribution in [1.82, 2.24) is 9.62 Å². The largest absolute Gasteiger partial charge is 0.490 e. The van der Waals surface area contributed by atoms with Gasteiger partial charge in [0, 0.05) is 26.2 Å². The van der Waals surface area contributed by atoms with Gasteiger partial charge in [-0.15, -0.1) is 0 Å². The molecule has 2 aliphatic rings. The second kappa shape index (κ2) is 9.53. The monoisotopic (exact) mass is 444 g/mol. The van der Waals surface area contributed by atoms with Crippen LogP contribution in [-0.2, 0) is 26.1 Å². The Hall–Kier alpha value is -1.21. The van der Waals surface area contributed by atoms with E-state index in [2.05, 4.69) is 26.4 Å². The summed E-state index contributed by atoms with van der Waals surface area (Å²) in [7, 11) is -3.21. The van der Waals surface area contributed by atoms with E-state index in [1.165, 1.54) is 11.8 Å².